The molecule has 2 saturated heterocycles. The summed E-state index contributed by atoms with van der Waals surface area (Å²) in [5, 5.41) is 2.29. The zero-order valence-electron chi connectivity index (χ0n) is 17.6. The van der Waals surface area contributed by atoms with Crippen molar-refractivity contribution in [1.29, 1.82) is 0 Å². The summed E-state index contributed by atoms with van der Waals surface area (Å²) in [5.74, 6) is -0.00814. The van der Waals surface area contributed by atoms with Gasteiger partial charge in [0.15, 0.2) is 0 Å². The number of fused-ring (bicyclic) bond motifs is 1. The Morgan fingerprint density at radius 1 is 0.906 bits per heavy atom. The third-order valence-corrected chi connectivity index (χ3v) is 6.67. The number of rotatable bonds is 3. The van der Waals surface area contributed by atoms with Crippen LogP contribution in [-0.4, -0.2) is 68.3 Å². The fourth-order valence-electron chi connectivity index (χ4n) is 4.46. The average molecular weight is 471 g/mol. The fraction of sp³-hybridized carbons (Fsp3) is 0.333. The molecule has 0 radical (unpaired) electrons. The maximum atomic E-state index is 13.5. The van der Waals surface area contributed by atoms with Crippen LogP contribution < -0.4 is 9.80 Å². The molecular formula is C24H24Cl2N4O2. The molecule has 166 valence electrons. The Bertz CT molecular complexity index is 1140. The molecule has 6 nitrogen and oxygen atoms in total. The zero-order valence-corrected chi connectivity index (χ0v) is 19.1. The molecule has 1 amide bonds. The summed E-state index contributed by atoms with van der Waals surface area (Å²) < 4.78 is 5.43. The largest absolute Gasteiger partial charge is 0.378 e. The molecular weight excluding hydrogens is 447 g/mol. The Morgan fingerprint density at radius 3 is 2.38 bits per heavy atom. The molecule has 2 aliphatic heterocycles. The summed E-state index contributed by atoms with van der Waals surface area (Å²) in [7, 11) is 0. The number of pyridine rings is 1. The molecule has 2 aliphatic rings. The summed E-state index contributed by atoms with van der Waals surface area (Å²) in [4.78, 5) is 24.5. The first-order valence-electron chi connectivity index (χ1n) is 10.8. The third kappa shape index (κ3) is 4.10. The highest BCUT2D eigenvalue weighted by atomic mass is 35.5. The number of ether oxygens (including phenoxy) is 1. The second-order valence-electron chi connectivity index (χ2n) is 8.01. The van der Waals surface area contributed by atoms with Crippen molar-refractivity contribution in [2.75, 3.05) is 62.3 Å². The number of para-hydroxylation sites is 1. The Morgan fingerprint density at radius 2 is 1.62 bits per heavy atom. The van der Waals surface area contributed by atoms with E-state index < -0.39 is 0 Å². The van der Waals surface area contributed by atoms with Crippen LogP contribution >= 0.6 is 23.2 Å². The van der Waals surface area contributed by atoms with Crippen molar-refractivity contribution in [3.8, 4) is 0 Å². The standard InChI is InChI=1S/C24H24Cl2N4O2/c25-17-5-6-21-18(15-17)23(19(16-27-21)24(31)30-11-13-32-14-12-30)29-9-7-28(8-10-29)22-4-2-1-3-20(22)26/h1-6,15-16H,7-14H2. The van der Waals surface area contributed by atoms with Crippen LogP contribution in [-0.2, 0) is 4.74 Å². The van der Waals surface area contributed by atoms with Crippen molar-refractivity contribution in [3.05, 3.63) is 64.3 Å². The van der Waals surface area contributed by atoms with Gasteiger partial charge in [-0.1, -0.05) is 35.3 Å². The van der Waals surface area contributed by atoms with E-state index in [9.17, 15) is 4.79 Å². The molecule has 5 rings (SSSR count). The number of anilines is 2. The Balaban J connectivity index is 1.50. The van der Waals surface area contributed by atoms with Gasteiger partial charge in [0.1, 0.15) is 0 Å². The van der Waals surface area contributed by atoms with E-state index >= 15 is 0 Å². The number of amides is 1. The lowest BCUT2D eigenvalue weighted by atomic mass is 10.1. The van der Waals surface area contributed by atoms with Gasteiger partial charge in [0.05, 0.1) is 40.7 Å². The summed E-state index contributed by atoms with van der Waals surface area (Å²) in [5.41, 5.74) is 3.40. The molecule has 0 saturated carbocycles. The highest BCUT2D eigenvalue weighted by molar-refractivity contribution is 6.33. The lowest BCUT2D eigenvalue weighted by molar-refractivity contribution is 0.0303. The number of piperazine rings is 1. The first kappa shape index (κ1) is 21.3. The average Bonchev–Trinajstić information content (AvgIpc) is 2.84. The molecule has 2 fully saturated rings. The van der Waals surface area contributed by atoms with Crippen molar-refractivity contribution in [3.63, 3.8) is 0 Å². The van der Waals surface area contributed by atoms with Crippen molar-refractivity contribution in [2.24, 2.45) is 0 Å². The molecule has 2 aromatic carbocycles. The SMILES string of the molecule is O=C(c1cnc2ccc(Cl)cc2c1N1CCN(c2ccccc2Cl)CC1)N1CCOCC1. The summed E-state index contributed by atoms with van der Waals surface area (Å²) in [6.45, 7) is 5.44. The van der Waals surface area contributed by atoms with Gasteiger partial charge in [-0.3, -0.25) is 9.78 Å². The normalized spacial score (nSPS) is 17.1. The van der Waals surface area contributed by atoms with Crippen LogP contribution in [0.4, 0.5) is 11.4 Å². The van der Waals surface area contributed by atoms with Gasteiger partial charge in [-0.2, -0.15) is 0 Å². The first-order valence-corrected chi connectivity index (χ1v) is 11.6. The van der Waals surface area contributed by atoms with Crippen molar-refractivity contribution >= 4 is 51.4 Å². The predicted molar refractivity (Wildman–Crippen MR) is 129 cm³/mol. The number of aromatic nitrogens is 1. The number of nitrogens with zero attached hydrogens (tertiary/aromatic N) is 4. The van der Waals surface area contributed by atoms with E-state index in [1.54, 1.807) is 6.20 Å². The fourth-order valence-corrected chi connectivity index (χ4v) is 4.89. The van der Waals surface area contributed by atoms with Crippen molar-refractivity contribution in [1.82, 2.24) is 9.88 Å². The number of carbonyl (C=O) groups excluding carboxylic acids is 1. The number of carbonyl (C=O) groups is 1. The maximum absolute atomic E-state index is 13.5. The molecule has 0 bridgehead atoms. The van der Waals surface area contributed by atoms with Crippen LogP contribution in [0.15, 0.2) is 48.7 Å². The highest BCUT2D eigenvalue weighted by Crippen LogP contribution is 2.34. The van der Waals surface area contributed by atoms with E-state index in [2.05, 4.69) is 14.8 Å². The highest BCUT2D eigenvalue weighted by Gasteiger charge is 2.28. The third-order valence-electron chi connectivity index (χ3n) is 6.12. The van der Waals surface area contributed by atoms with Gasteiger partial charge < -0.3 is 19.4 Å². The van der Waals surface area contributed by atoms with Crippen LogP contribution in [0.2, 0.25) is 10.0 Å². The quantitative estimate of drug-likeness (QED) is 0.569. The van der Waals surface area contributed by atoms with Gasteiger partial charge >= 0.3 is 0 Å². The molecule has 8 heteroatoms. The second kappa shape index (κ2) is 9.14. The lowest BCUT2D eigenvalue weighted by Crippen LogP contribution is -2.48. The molecule has 0 unspecified atom stereocenters. The van der Waals surface area contributed by atoms with E-state index in [-0.39, 0.29) is 5.91 Å². The van der Waals surface area contributed by atoms with Gasteiger partial charge in [-0.25, -0.2) is 0 Å². The van der Waals surface area contributed by atoms with E-state index in [0.29, 0.717) is 36.9 Å². The van der Waals surface area contributed by atoms with Gasteiger partial charge in [-0.15, -0.1) is 0 Å². The molecule has 0 atom stereocenters. The minimum atomic E-state index is -0.00814. The number of benzene rings is 2. The molecule has 0 aliphatic carbocycles. The second-order valence-corrected chi connectivity index (χ2v) is 8.86. The van der Waals surface area contributed by atoms with Gasteiger partial charge in [0.2, 0.25) is 0 Å². The Hall–Kier alpha value is -2.54. The minimum Gasteiger partial charge on any atom is -0.378 e. The summed E-state index contributed by atoms with van der Waals surface area (Å²) in [6.07, 6.45) is 1.71. The van der Waals surface area contributed by atoms with Crippen LogP contribution in [0.3, 0.4) is 0 Å². The maximum Gasteiger partial charge on any atom is 0.257 e. The number of halogens is 2. The summed E-state index contributed by atoms with van der Waals surface area (Å²) in [6, 6.07) is 13.6. The number of hydrogen-bond donors (Lipinski definition) is 0. The van der Waals surface area contributed by atoms with Crippen LogP contribution in [0.5, 0.6) is 0 Å². The molecule has 3 aromatic rings. The smallest absolute Gasteiger partial charge is 0.257 e. The molecule has 1 aromatic heterocycles. The van der Waals surface area contributed by atoms with E-state index in [4.69, 9.17) is 27.9 Å². The number of hydrogen-bond acceptors (Lipinski definition) is 5. The predicted octanol–water partition coefficient (Wildman–Crippen LogP) is 4.34. The van der Waals surface area contributed by atoms with Crippen LogP contribution in [0.25, 0.3) is 10.9 Å². The molecule has 0 N–H and O–H groups in total. The topological polar surface area (TPSA) is 48.9 Å². The Kier molecular flexibility index (Phi) is 6.09. The lowest BCUT2D eigenvalue weighted by Gasteiger charge is -2.39. The molecule has 0 spiro atoms. The molecule has 3 heterocycles. The number of morpholine rings is 1. The van der Waals surface area contributed by atoms with Crippen molar-refractivity contribution in [2.45, 2.75) is 0 Å². The van der Waals surface area contributed by atoms with Gasteiger partial charge in [0.25, 0.3) is 5.91 Å². The Labute approximate surface area is 197 Å². The van der Waals surface area contributed by atoms with Crippen molar-refractivity contribution < 1.29 is 9.53 Å². The minimum absolute atomic E-state index is 0.00814. The van der Waals surface area contributed by atoms with Crippen LogP contribution in [0, 0.1) is 0 Å². The van der Waals surface area contributed by atoms with Gasteiger partial charge in [-0.05, 0) is 30.3 Å². The first-order chi connectivity index (χ1) is 15.6. The van der Waals surface area contributed by atoms with Crippen LogP contribution in [0.1, 0.15) is 10.4 Å². The van der Waals surface area contributed by atoms with Gasteiger partial charge in [0, 0.05) is 55.9 Å². The van der Waals surface area contributed by atoms with E-state index in [1.165, 1.54) is 0 Å². The summed E-state index contributed by atoms with van der Waals surface area (Å²) >= 11 is 12.8. The van der Waals surface area contributed by atoms with E-state index in [0.717, 1.165) is 53.5 Å². The molecule has 32 heavy (non-hydrogen) atoms. The zero-order chi connectivity index (χ0) is 22.1. The monoisotopic (exact) mass is 470 g/mol. The van der Waals surface area contributed by atoms with E-state index in [1.807, 2.05) is 47.4 Å².